The monoisotopic (exact) mass is 732 g/mol. The molecule has 57 heavy (non-hydrogen) atoms. The zero-order valence-corrected chi connectivity index (χ0v) is 31.5. The molecule has 8 aromatic carbocycles. The second-order valence-electron chi connectivity index (χ2n) is 15.2. The summed E-state index contributed by atoms with van der Waals surface area (Å²) in [5.41, 5.74) is 10.1. The molecular formula is C52H36N4O. The molecule has 0 saturated carbocycles. The number of hydrogen-bond acceptors (Lipinski definition) is 4. The molecule has 0 aliphatic carbocycles. The van der Waals surface area contributed by atoms with Crippen molar-refractivity contribution in [3.8, 4) is 62.5 Å². The topological polar surface area (TPSA) is 52.8 Å². The quantitative estimate of drug-likeness (QED) is 0.177. The van der Waals surface area contributed by atoms with Crippen molar-refractivity contribution in [2.45, 2.75) is 19.3 Å². The van der Waals surface area contributed by atoms with E-state index in [-0.39, 0.29) is 5.41 Å². The van der Waals surface area contributed by atoms with Gasteiger partial charge in [-0.2, -0.15) is 9.97 Å². The normalized spacial score (nSPS) is 13.0. The molecule has 0 unspecified atom stereocenters. The summed E-state index contributed by atoms with van der Waals surface area (Å²) in [5.74, 6) is 3.38. The van der Waals surface area contributed by atoms with Crippen LogP contribution in [0.5, 0.6) is 11.5 Å². The number of hydrogen-bond donors (Lipinski definition) is 0. The van der Waals surface area contributed by atoms with Gasteiger partial charge in [0.25, 0.3) is 0 Å². The van der Waals surface area contributed by atoms with Crippen LogP contribution in [0.25, 0.3) is 83.6 Å². The molecule has 270 valence electrons. The Balaban J connectivity index is 1.24. The van der Waals surface area contributed by atoms with Crippen LogP contribution in [0.4, 0.5) is 0 Å². The van der Waals surface area contributed by atoms with Crippen LogP contribution in [-0.2, 0) is 5.41 Å². The van der Waals surface area contributed by atoms with Crippen molar-refractivity contribution in [3.05, 3.63) is 193 Å². The van der Waals surface area contributed by atoms with E-state index >= 15 is 0 Å². The van der Waals surface area contributed by atoms with Gasteiger partial charge in [0.2, 0.25) is 5.95 Å². The maximum absolute atomic E-state index is 7.09. The largest absolute Gasteiger partial charge is 0.454 e. The predicted molar refractivity (Wildman–Crippen MR) is 232 cm³/mol. The molecular weight excluding hydrogens is 697 g/mol. The molecule has 0 radical (unpaired) electrons. The van der Waals surface area contributed by atoms with E-state index in [0.717, 1.165) is 83.2 Å². The number of rotatable bonds is 5. The molecule has 3 heterocycles. The molecule has 10 aromatic rings. The van der Waals surface area contributed by atoms with E-state index in [1.165, 1.54) is 5.39 Å². The predicted octanol–water partition coefficient (Wildman–Crippen LogP) is 13.2. The first-order valence-electron chi connectivity index (χ1n) is 19.4. The Labute approximate surface area is 330 Å². The van der Waals surface area contributed by atoms with Gasteiger partial charge >= 0.3 is 0 Å². The van der Waals surface area contributed by atoms with Crippen molar-refractivity contribution in [3.63, 3.8) is 0 Å². The van der Waals surface area contributed by atoms with Crippen molar-refractivity contribution < 1.29 is 4.74 Å². The molecule has 0 atom stereocenters. The fourth-order valence-corrected chi connectivity index (χ4v) is 8.79. The fourth-order valence-electron chi connectivity index (χ4n) is 8.79. The molecule has 5 heteroatoms. The van der Waals surface area contributed by atoms with Gasteiger partial charge in [-0.05, 0) is 57.3 Å². The van der Waals surface area contributed by atoms with Crippen LogP contribution in [0.3, 0.4) is 0 Å². The van der Waals surface area contributed by atoms with E-state index in [1.807, 2.05) is 18.2 Å². The Morgan fingerprint density at radius 2 is 0.965 bits per heavy atom. The molecule has 0 fully saturated rings. The van der Waals surface area contributed by atoms with Gasteiger partial charge in [-0.1, -0.05) is 172 Å². The number of benzene rings is 8. The summed E-state index contributed by atoms with van der Waals surface area (Å²) in [5, 5.41) is 4.55. The summed E-state index contributed by atoms with van der Waals surface area (Å²) in [6.07, 6.45) is 0. The SMILES string of the molecule is CC1(C)c2ccccc2Oc2c1c1ccccc1c1c3ccccc3n(-c3nc(-c4cccc(-c5ccccc5)c4)nc(-c4cccc(-c5ccccc5)c4)n3)c21. The second kappa shape index (κ2) is 12.9. The Hall–Kier alpha value is -7.37. The highest BCUT2D eigenvalue weighted by atomic mass is 16.5. The standard InChI is InChI=1S/C52H36N4O/c1-52(2)42-28-12-14-30-44(42)57-48-46(52)40-26-10-9-25-39(40)45-41-27-11-13-29-43(41)56(47(45)48)51-54-49(37-23-15-21-35(31-37)33-17-5-3-6-18-33)53-50(55-51)38-24-16-22-36(32-38)34-19-7-4-8-20-34/h3-32H,1-2H3. The molecule has 2 aromatic heterocycles. The molecule has 5 nitrogen and oxygen atoms in total. The molecule has 0 spiro atoms. The minimum atomic E-state index is -0.357. The second-order valence-corrected chi connectivity index (χ2v) is 15.2. The Bertz CT molecular complexity index is 3080. The van der Waals surface area contributed by atoms with Gasteiger partial charge in [-0.15, -0.1) is 0 Å². The molecule has 1 aliphatic rings. The van der Waals surface area contributed by atoms with Gasteiger partial charge in [-0.3, -0.25) is 4.57 Å². The van der Waals surface area contributed by atoms with Crippen molar-refractivity contribution in [2.24, 2.45) is 0 Å². The van der Waals surface area contributed by atoms with Gasteiger partial charge in [0.05, 0.1) is 5.52 Å². The lowest BCUT2D eigenvalue weighted by molar-refractivity contribution is 0.424. The molecule has 1 aliphatic heterocycles. The number of para-hydroxylation sites is 2. The van der Waals surface area contributed by atoms with Crippen molar-refractivity contribution in [1.82, 2.24) is 19.5 Å². The van der Waals surface area contributed by atoms with Crippen molar-refractivity contribution in [1.29, 1.82) is 0 Å². The minimum Gasteiger partial charge on any atom is -0.454 e. The van der Waals surface area contributed by atoms with Gasteiger partial charge in [0, 0.05) is 38.4 Å². The molecule has 0 amide bonds. The Kier molecular flexibility index (Phi) is 7.45. The van der Waals surface area contributed by atoms with E-state index in [9.17, 15) is 0 Å². The third-order valence-corrected chi connectivity index (χ3v) is 11.5. The van der Waals surface area contributed by atoms with Gasteiger partial charge in [-0.25, -0.2) is 4.98 Å². The summed E-state index contributed by atoms with van der Waals surface area (Å²) in [6, 6.07) is 63.5. The molecule has 11 rings (SSSR count). The molecule has 0 saturated heterocycles. The average molecular weight is 733 g/mol. The summed E-state index contributed by atoms with van der Waals surface area (Å²) in [7, 11) is 0. The van der Waals surface area contributed by atoms with Crippen LogP contribution in [-0.4, -0.2) is 19.5 Å². The van der Waals surface area contributed by atoms with E-state index in [1.54, 1.807) is 0 Å². The first kappa shape index (κ1) is 33.0. The van der Waals surface area contributed by atoms with E-state index in [0.29, 0.717) is 17.6 Å². The Morgan fingerprint density at radius 3 is 1.61 bits per heavy atom. The van der Waals surface area contributed by atoms with E-state index in [2.05, 4.69) is 182 Å². The zero-order valence-electron chi connectivity index (χ0n) is 31.5. The van der Waals surface area contributed by atoms with Gasteiger partial charge in [0.1, 0.15) is 11.3 Å². The number of aromatic nitrogens is 4. The highest BCUT2D eigenvalue weighted by Crippen LogP contribution is 2.55. The van der Waals surface area contributed by atoms with Gasteiger partial charge in [0.15, 0.2) is 17.4 Å². The first-order valence-corrected chi connectivity index (χ1v) is 19.4. The van der Waals surface area contributed by atoms with Crippen LogP contribution in [0.1, 0.15) is 25.0 Å². The maximum Gasteiger partial charge on any atom is 0.238 e. The third-order valence-electron chi connectivity index (χ3n) is 11.5. The van der Waals surface area contributed by atoms with E-state index in [4.69, 9.17) is 19.7 Å². The smallest absolute Gasteiger partial charge is 0.238 e. The van der Waals surface area contributed by atoms with Crippen LogP contribution in [0.15, 0.2) is 182 Å². The highest BCUT2D eigenvalue weighted by Gasteiger charge is 2.39. The first-order chi connectivity index (χ1) is 28.0. The average Bonchev–Trinajstić information content (AvgIpc) is 3.63. The summed E-state index contributed by atoms with van der Waals surface area (Å²) >= 11 is 0. The minimum absolute atomic E-state index is 0.357. The number of ether oxygens (including phenoxy) is 1. The lowest BCUT2D eigenvalue weighted by Crippen LogP contribution is -2.25. The lowest BCUT2D eigenvalue weighted by Gasteiger charge is -2.36. The molecule has 0 bridgehead atoms. The lowest BCUT2D eigenvalue weighted by atomic mass is 9.73. The number of fused-ring (bicyclic) bond motifs is 9. The van der Waals surface area contributed by atoms with E-state index < -0.39 is 0 Å². The summed E-state index contributed by atoms with van der Waals surface area (Å²) in [4.78, 5) is 16.0. The number of nitrogens with zero attached hydrogens (tertiary/aromatic N) is 4. The van der Waals surface area contributed by atoms with Crippen molar-refractivity contribution >= 4 is 32.6 Å². The van der Waals surface area contributed by atoms with Crippen LogP contribution in [0, 0.1) is 0 Å². The van der Waals surface area contributed by atoms with Gasteiger partial charge < -0.3 is 4.74 Å². The van der Waals surface area contributed by atoms with Crippen LogP contribution in [0.2, 0.25) is 0 Å². The van der Waals surface area contributed by atoms with Crippen LogP contribution >= 0.6 is 0 Å². The highest BCUT2D eigenvalue weighted by molar-refractivity contribution is 6.24. The fraction of sp³-hybridized carbons (Fsp3) is 0.0577. The van der Waals surface area contributed by atoms with Crippen LogP contribution < -0.4 is 4.74 Å². The summed E-state index contributed by atoms with van der Waals surface area (Å²) < 4.78 is 9.30. The summed E-state index contributed by atoms with van der Waals surface area (Å²) in [6.45, 7) is 4.61. The Morgan fingerprint density at radius 1 is 0.456 bits per heavy atom. The maximum atomic E-state index is 7.09. The molecule has 0 N–H and O–H groups in total. The zero-order chi connectivity index (χ0) is 38.1. The third kappa shape index (κ3) is 5.27. The van der Waals surface area contributed by atoms with Crippen molar-refractivity contribution in [2.75, 3.05) is 0 Å².